The zero-order chi connectivity index (χ0) is 22.0. The van der Waals surface area contributed by atoms with Gasteiger partial charge in [0.15, 0.2) is 9.84 Å². The molecule has 1 N–H and O–H groups in total. The van der Waals surface area contributed by atoms with Gasteiger partial charge in [0.25, 0.3) is 0 Å². The van der Waals surface area contributed by atoms with Crippen LogP contribution in [0.2, 0.25) is 0 Å². The Morgan fingerprint density at radius 2 is 2.16 bits per heavy atom. The Labute approximate surface area is 186 Å². The number of aromatic nitrogens is 2. The smallest absolute Gasteiger partial charge is 0.341 e. The molecule has 0 aliphatic carbocycles. The molecular weight excluding hydrogens is 462 g/mol. The van der Waals surface area contributed by atoms with Crippen molar-refractivity contribution < 1.29 is 27.2 Å². The van der Waals surface area contributed by atoms with E-state index < -0.39 is 15.8 Å². The fourth-order valence-corrected chi connectivity index (χ4v) is 6.88. The maximum absolute atomic E-state index is 12.5. The highest BCUT2D eigenvalue weighted by Crippen LogP contribution is 2.38. The van der Waals surface area contributed by atoms with Crippen LogP contribution < -0.4 is 5.32 Å². The van der Waals surface area contributed by atoms with Gasteiger partial charge in [0, 0.05) is 28.7 Å². The Balaban J connectivity index is 1.47. The summed E-state index contributed by atoms with van der Waals surface area (Å²) >= 11 is 2.62. The minimum atomic E-state index is -3.21. The number of sulfone groups is 1. The van der Waals surface area contributed by atoms with Gasteiger partial charge in [0.2, 0.25) is 17.7 Å². The predicted molar refractivity (Wildman–Crippen MR) is 116 cm³/mol. The summed E-state index contributed by atoms with van der Waals surface area (Å²) in [5.41, 5.74) is 1.72. The maximum atomic E-state index is 12.5. The Bertz CT molecular complexity index is 1210. The summed E-state index contributed by atoms with van der Waals surface area (Å²) in [4.78, 5) is 25.6. The van der Waals surface area contributed by atoms with Gasteiger partial charge in [-0.2, -0.15) is 11.3 Å². The maximum Gasteiger partial charge on any atom is 0.341 e. The third-order valence-electron chi connectivity index (χ3n) is 4.64. The average Bonchev–Trinajstić information content (AvgIpc) is 3.45. The molecule has 0 saturated carbocycles. The highest BCUT2D eigenvalue weighted by atomic mass is 32.2. The lowest BCUT2D eigenvalue weighted by atomic mass is 10.1. The number of aryl methyl sites for hydroxylation is 1. The van der Waals surface area contributed by atoms with E-state index in [0.29, 0.717) is 27.2 Å². The summed E-state index contributed by atoms with van der Waals surface area (Å²) in [5, 5.41) is 14.8. The third-order valence-corrected chi connectivity index (χ3v) is 8.21. The first kappa shape index (κ1) is 21.7. The number of nitrogens with zero attached hydrogens (tertiary/aromatic N) is 2. The fourth-order valence-electron chi connectivity index (χ4n) is 3.20. The summed E-state index contributed by atoms with van der Waals surface area (Å²) in [5.74, 6) is -0.343. The highest BCUT2D eigenvalue weighted by molar-refractivity contribution is 7.90. The van der Waals surface area contributed by atoms with Gasteiger partial charge in [-0.15, -0.1) is 21.5 Å². The van der Waals surface area contributed by atoms with E-state index in [1.54, 1.807) is 6.92 Å². The van der Waals surface area contributed by atoms with Gasteiger partial charge in [-0.25, -0.2) is 13.2 Å². The first-order chi connectivity index (χ1) is 14.9. The van der Waals surface area contributed by atoms with Crippen LogP contribution in [0.25, 0.3) is 11.5 Å². The second-order valence-electron chi connectivity index (χ2n) is 6.83. The molecule has 0 fully saturated rings. The number of carbonyl (C=O) groups excluding carboxylic acids is 2. The van der Waals surface area contributed by atoms with Crippen molar-refractivity contribution in [3.05, 3.63) is 38.7 Å². The van der Waals surface area contributed by atoms with Crippen LogP contribution >= 0.6 is 22.7 Å². The number of carbonyl (C=O) groups is 2. The average molecular weight is 482 g/mol. The molecule has 3 aromatic heterocycles. The molecule has 0 radical (unpaired) electrons. The molecule has 0 spiro atoms. The van der Waals surface area contributed by atoms with Crippen molar-refractivity contribution >= 4 is 49.4 Å². The predicted octanol–water partition coefficient (Wildman–Crippen LogP) is 3.08. The Morgan fingerprint density at radius 3 is 2.90 bits per heavy atom. The number of rotatable bonds is 7. The van der Waals surface area contributed by atoms with Crippen molar-refractivity contribution in [2.24, 2.45) is 0 Å². The van der Waals surface area contributed by atoms with Gasteiger partial charge >= 0.3 is 5.97 Å². The summed E-state index contributed by atoms with van der Waals surface area (Å²) in [7, 11) is -3.21. The van der Waals surface area contributed by atoms with Gasteiger partial charge in [0.05, 0.1) is 23.7 Å². The molecule has 0 unspecified atom stereocenters. The number of anilines is 1. The lowest BCUT2D eigenvalue weighted by Gasteiger charge is -2.13. The van der Waals surface area contributed by atoms with E-state index in [1.165, 1.54) is 11.3 Å². The lowest BCUT2D eigenvalue weighted by Crippen LogP contribution is -2.20. The van der Waals surface area contributed by atoms with Crippen molar-refractivity contribution in [3.8, 4) is 11.5 Å². The second-order valence-corrected chi connectivity index (χ2v) is 10.9. The summed E-state index contributed by atoms with van der Waals surface area (Å²) in [6.07, 6.45) is 0.525. The lowest BCUT2D eigenvalue weighted by molar-refractivity contribution is -0.116. The zero-order valence-corrected chi connectivity index (χ0v) is 19.0. The van der Waals surface area contributed by atoms with Crippen LogP contribution in [0.5, 0.6) is 0 Å². The number of nitrogens with one attached hydrogen (secondary N) is 1. The topological polar surface area (TPSA) is 128 Å². The Morgan fingerprint density at radius 1 is 1.32 bits per heavy atom. The molecule has 31 heavy (non-hydrogen) atoms. The molecule has 3 aromatic rings. The quantitative estimate of drug-likeness (QED) is 0.510. The number of esters is 1. The number of ether oxygens (including phenoxy) is 1. The Kier molecular flexibility index (Phi) is 6.21. The zero-order valence-electron chi connectivity index (χ0n) is 16.5. The van der Waals surface area contributed by atoms with Crippen LogP contribution in [-0.2, 0) is 38.0 Å². The number of amides is 1. The third kappa shape index (κ3) is 4.86. The molecule has 9 nitrogen and oxygen atoms in total. The van der Waals surface area contributed by atoms with E-state index >= 15 is 0 Å². The van der Waals surface area contributed by atoms with Crippen LogP contribution in [0.4, 0.5) is 5.00 Å². The van der Waals surface area contributed by atoms with Gasteiger partial charge in [0.1, 0.15) is 5.00 Å². The van der Waals surface area contributed by atoms with Crippen molar-refractivity contribution in [3.63, 3.8) is 0 Å². The largest absolute Gasteiger partial charge is 0.462 e. The molecule has 0 bridgehead atoms. The van der Waals surface area contributed by atoms with E-state index in [4.69, 9.17) is 9.15 Å². The molecule has 0 atom stereocenters. The van der Waals surface area contributed by atoms with E-state index in [9.17, 15) is 18.0 Å². The number of fused-ring (bicyclic) bond motifs is 1. The van der Waals surface area contributed by atoms with Crippen LogP contribution in [-0.4, -0.2) is 42.9 Å². The standard InChI is InChI=1S/C19H19N3O6S3/c1-2-27-19(24)16-12-6-8-31(25,26)10-13(12)30-18(16)20-14(23)3-4-15-21-22-17(28-15)11-5-7-29-9-11/h5,7,9H,2-4,6,8,10H2,1H3,(H,20,23). The summed E-state index contributed by atoms with van der Waals surface area (Å²) in [6.45, 7) is 1.87. The highest BCUT2D eigenvalue weighted by Gasteiger charge is 2.32. The number of hydrogen-bond acceptors (Lipinski definition) is 10. The Hall–Kier alpha value is -2.57. The van der Waals surface area contributed by atoms with Crippen LogP contribution in [0.3, 0.4) is 0 Å². The first-order valence-electron chi connectivity index (χ1n) is 9.53. The van der Waals surface area contributed by atoms with Gasteiger partial charge in [-0.05, 0) is 30.4 Å². The minimum absolute atomic E-state index is 0.0276. The van der Waals surface area contributed by atoms with Crippen LogP contribution in [0, 0.1) is 0 Å². The van der Waals surface area contributed by atoms with Gasteiger partial charge in [-0.1, -0.05) is 0 Å². The molecule has 1 aliphatic rings. The van der Waals surface area contributed by atoms with Crippen LogP contribution in [0.1, 0.15) is 40.0 Å². The molecule has 1 amide bonds. The van der Waals surface area contributed by atoms with E-state index in [1.807, 2.05) is 16.8 Å². The molecule has 12 heteroatoms. The van der Waals surface area contributed by atoms with E-state index in [-0.39, 0.29) is 48.8 Å². The van der Waals surface area contributed by atoms with E-state index in [0.717, 1.165) is 16.9 Å². The molecule has 4 rings (SSSR count). The number of hydrogen-bond donors (Lipinski definition) is 1. The normalized spacial score (nSPS) is 14.7. The van der Waals surface area contributed by atoms with E-state index in [2.05, 4.69) is 15.5 Å². The van der Waals surface area contributed by atoms with Crippen molar-refractivity contribution in [2.45, 2.75) is 31.9 Å². The molecule has 1 aliphatic heterocycles. The van der Waals surface area contributed by atoms with Crippen molar-refractivity contribution in [1.29, 1.82) is 0 Å². The summed E-state index contributed by atoms with van der Waals surface area (Å²) in [6, 6.07) is 1.87. The minimum Gasteiger partial charge on any atom is -0.462 e. The summed E-state index contributed by atoms with van der Waals surface area (Å²) < 4.78 is 34.7. The SMILES string of the molecule is CCOC(=O)c1c(NC(=O)CCc2nnc(-c3ccsc3)o2)sc2c1CCS(=O)(=O)C2. The van der Waals surface area contributed by atoms with Crippen molar-refractivity contribution in [2.75, 3.05) is 17.7 Å². The molecule has 0 aromatic carbocycles. The van der Waals surface area contributed by atoms with Gasteiger partial charge in [-0.3, -0.25) is 4.79 Å². The molecule has 164 valence electrons. The van der Waals surface area contributed by atoms with Crippen LogP contribution in [0.15, 0.2) is 21.2 Å². The number of thiophene rings is 2. The molecular formula is C19H19N3O6S3. The molecule has 0 saturated heterocycles. The first-order valence-corrected chi connectivity index (χ1v) is 13.1. The van der Waals surface area contributed by atoms with Crippen molar-refractivity contribution in [1.82, 2.24) is 10.2 Å². The second kappa shape index (κ2) is 8.89. The van der Waals surface area contributed by atoms with Gasteiger partial charge < -0.3 is 14.5 Å². The monoisotopic (exact) mass is 481 g/mol. The fraction of sp³-hybridized carbons (Fsp3) is 0.368. The molecule has 4 heterocycles.